The lowest BCUT2D eigenvalue weighted by Gasteiger charge is -2.39. The molecule has 0 aliphatic carbocycles. The molecule has 4 heterocycles. The first-order chi connectivity index (χ1) is 14.2. The number of aryl methyl sites for hydroxylation is 1. The van der Waals surface area contributed by atoms with E-state index in [4.69, 9.17) is 4.74 Å². The van der Waals surface area contributed by atoms with Crippen LogP contribution in [0.15, 0.2) is 30.6 Å². The number of thiophene rings is 1. The van der Waals surface area contributed by atoms with Crippen molar-refractivity contribution in [3.63, 3.8) is 0 Å². The molecule has 0 bridgehead atoms. The second-order valence-corrected chi connectivity index (χ2v) is 9.73. The van der Waals surface area contributed by atoms with Crippen LogP contribution < -0.4 is 0 Å². The number of aromatic nitrogens is 4. The van der Waals surface area contributed by atoms with E-state index in [-0.39, 0.29) is 18.0 Å². The van der Waals surface area contributed by atoms with Crippen molar-refractivity contribution in [2.75, 3.05) is 13.1 Å². The van der Waals surface area contributed by atoms with Crippen molar-refractivity contribution in [2.24, 2.45) is 7.05 Å². The first kappa shape index (κ1) is 19.0. The highest BCUT2D eigenvalue weighted by Gasteiger charge is 2.36. The molecule has 0 N–H and O–H groups in total. The summed E-state index contributed by atoms with van der Waals surface area (Å²) in [4.78, 5) is 15.9. The lowest BCUT2D eigenvalue weighted by Crippen LogP contribution is -2.52. The van der Waals surface area contributed by atoms with Crippen LogP contribution in [-0.2, 0) is 11.8 Å². The number of halogens is 1. The van der Waals surface area contributed by atoms with Crippen LogP contribution in [0.5, 0.6) is 0 Å². The van der Waals surface area contributed by atoms with Crippen LogP contribution in [0, 0.1) is 5.82 Å². The molecule has 1 aromatic carbocycles. The molecule has 9 heteroatoms. The Labute approximate surface area is 176 Å². The van der Waals surface area contributed by atoms with Gasteiger partial charge in [0.1, 0.15) is 15.9 Å². The van der Waals surface area contributed by atoms with Gasteiger partial charge in [-0.2, -0.15) is 10.2 Å². The Kier molecular flexibility index (Phi) is 4.15. The molecular weight excluding hydrogens is 405 g/mol. The van der Waals surface area contributed by atoms with Crippen LogP contribution in [0.1, 0.15) is 26.8 Å². The highest BCUT2D eigenvalue weighted by atomic mass is 32.1. The summed E-state index contributed by atoms with van der Waals surface area (Å²) in [6.45, 7) is 6.71. The van der Waals surface area contributed by atoms with Crippen molar-refractivity contribution in [1.82, 2.24) is 24.5 Å². The lowest BCUT2D eigenvalue weighted by atomic mass is 10.1. The Balaban J connectivity index is 1.40. The number of hydrogen-bond acceptors (Lipinski definition) is 5. The van der Waals surface area contributed by atoms with Gasteiger partial charge in [-0.05, 0) is 44.5 Å². The van der Waals surface area contributed by atoms with Gasteiger partial charge >= 0.3 is 6.09 Å². The summed E-state index contributed by atoms with van der Waals surface area (Å²) in [6, 6.07) is 5.64. The van der Waals surface area contributed by atoms with Crippen molar-refractivity contribution >= 4 is 38.5 Å². The van der Waals surface area contributed by atoms with Gasteiger partial charge in [0.2, 0.25) is 0 Å². The van der Waals surface area contributed by atoms with Crippen molar-refractivity contribution in [1.29, 1.82) is 0 Å². The Morgan fingerprint density at radius 1 is 1.23 bits per heavy atom. The van der Waals surface area contributed by atoms with Gasteiger partial charge in [-0.25, -0.2) is 13.9 Å². The Hall–Kier alpha value is -2.94. The van der Waals surface area contributed by atoms with E-state index in [1.54, 1.807) is 28.0 Å². The van der Waals surface area contributed by atoms with Gasteiger partial charge in [0.25, 0.3) is 0 Å². The standard InChI is InChI=1S/C21H22FN5O2S/c1-21(2,3)29-20(28)26-10-15(11-26)27-19-13(8-23-27)7-17(30-19)12-5-14-9-25(4)24-18(14)16(22)6-12/h5-9,15H,10-11H2,1-4H3. The molecule has 1 aliphatic rings. The predicted molar refractivity (Wildman–Crippen MR) is 114 cm³/mol. The molecule has 1 aliphatic heterocycles. The van der Waals surface area contributed by atoms with Gasteiger partial charge < -0.3 is 9.64 Å². The molecule has 4 aromatic rings. The minimum atomic E-state index is -0.506. The van der Waals surface area contributed by atoms with E-state index in [2.05, 4.69) is 10.2 Å². The number of likely N-dealkylation sites (tertiary alicyclic amines) is 1. The molecule has 1 fully saturated rings. The lowest BCUT2D eigenvalue weighted by molar-refractivity contribution is 0.000221. The number of fused-ring (bicyclic) bond motifs is 2. The zero-order valence-electron chi connectivity index (χ0n) is 17.2. The number of rotatable bonds is 2. The van der Waals surface area contributed by atoms with Gasteiger partial charge in [0, 0.05) is 42.0 Å². The Morgan fingerprint density at radius 3 is 2.73 bits per heavy atom. The Morgan fingerprint density at radius 2 is 2.00 bits per heavy atom. The van der Waals surface area contributed by atoms with Gasteiger partial charge in [-0.3, -0.25) is 4.68 Å². The highest BCUT2D eigenvalue weighted by molar-refractivity contribution is 7.21. The fraction of sp³-hybridized carbons (Fsp3) is 0.381. The zero-order valence-corrected chi connectivity index (χ0v) is 18.0. The summed E-state index contributed by atoms with van der Waals surface area (Å²) in [5.41, 5.74) is 0.698. The summed E-state index contributed by atoms with van der Waals surface area (Å²) in [6.07, 6.45) is 3.34. The second-order valence-electron chi connectivity index (χ2n) is 8.70. The van der Waals surface area contributed by atoms with E-state index in [1.807, 2.05) is 50.0 Å². The highest BCUT2D eigenvalue weighted by Crippen LogP contribution is 2.37. The van der Waals surface area contributed by atoms with Crippen LogP contribution in [0.3, 0.4) is 0 Å². The smallest absolute Gasteiger partial charge is 0.410 e. The molecule has 30 heavy (non-hydrogen) atoms. The topological polar surface area (TPSA) is 65.2 Å². The molecule has 1 saturated heterocycles. The maximum atomic E-state index is 14.5. The van der Waals surface area contributed by atoms with Gasteiger partial charge in [-0.15, -0.1) is 11.3 Å². The first-order valence-corrected chi connectivity index (χ1v) is 10.6. The monoisotopic (exact) mass is 427 g/mol. The summed E-state index contributed by atoms with van der Waals surface area (Å²) >= 11 is 1.58. The third-order valence-electron chi connectivity index (χ3n) is 5.09. The molecule has 0 radical (unpaired) electrons. The molecular formula is C21H22FN5O2S. The van der Waals surface area contributed by atoms with Crippen LogP contribution in [0.4, 0.5) is 9.18 Å². The summed E-state index contributed by atoms with van der Waals surface area (Å²) in [5.74, 6) is -0.325. The fourth-order valence-electron chi connectivity index (χ4n) is 3.69. The van der Waals surface area contributed by atoms with Crippen molar-refractivity contribution in [3.8, 4) is 10.4 Å². The summed E-state index contributed by atoms with van der Waals surface area (Å²) in [5, 5.41) is 10.5. The van der Waals surface area contributed by atoms with E-state index < -0.39 is 5.60 Å². The molecule has 156 valence electrons. The fourth-order valence-corrected chi connectivity index (χ4v) is 4.84. The number of benzene rings is 1. The maximum Gasteiger partial charge on any atom is 0.410 e. The van der Waals surface area contributed by atoms with Gasteiger partial charge in [0.15, 0.2) is 5.82 Å². The van der Waals surface area contributed by atoms with Gasteiger partial charge in [-0.1, -0.05) is 0 Å². The van der Waals surface area contributed by atoms with Crippen molar-refractivity contribution in [2.45, 2.75) is 32.4 Å². The first-order valence-electron chi connectivity index (χ1n) is 9.76. The zero-order chi connectivity index (χ0) is 21.2. The molecule has 1 amide bonds. The normalized spacial score (nSPS) is 15.2. The van der Waals surface area contributed by atoms with E-state index in [9.17, 15) is 9.18 Å². The average molecular weight is 428 g/mol. The average Bonchev–Trinajstić information content (AvgIpc) is 3.26. The molecule has 5 rings (SSSR count). The molecule has 0 spiro atoms. The molecule has 3 aromatic heterocycles. The third-order valence-corrected chi connectivity index (χ3v) is 6.28. The Bertz CT molecular complexity index is 1280. The van der Waals surface area contributed by atoms with E-state index in [0.29, 0.717) is 18.6 Å². The minimum absolute atomic E-state index is 0.110. The number of amides is 1. The van der Waals surface area contributed by atoms with Crippen molar-refractivity contribution < 1.29 is 13.9 Å². The number of nitrogens with zero attached hydrogens (tertiary/aromatic N) is 5. The number of ether oxygens (including phenoxy) is 1. The third kappa shape index (κ3) is 3.23. The van der Waals surface area contributed by atoms with E-state index >= 15 is 0 Å². The number of carbonyl (C=O) groups excluding carboxylic acids is 1. The maximum absolute atomic E-state index is 14.5. The molecule has 0 atom stereocenters. The van der Waals surface area contributed by atoms with Crippen molar-refractivity contribution in [3.05, 3.63) is 36.4 Å². The largest absolute Gasteiger partial charge is 0.444 e. The summed E-state index contributed by atoms with van der Waals surface area (Å²) < 4.78 is 23.5. The molecule has 0 unspecified atom stereocenters. The number of carbonyl (C=O) groups is 1. The predicted octanol–water partition coefficient (Wildman–Crippen LogP) is 4.58. The minimum Gasteiger partial charge on any atom is -0.444 e. The van der Waals surface area contributed by atoms with E-state index in [0.717, 1.165) is 26.0 Å². The SMILES string of the molecule is Cn1cc2cc(-c3cc4cnn(C5CN(C(=O)OC(C)(C)C)C5)c4s3)cc(F)c2n1. The number of hydrogen-bond donors (Lipinski definition) is 0. The van der Waals surface area contributed by atoms with Crippen LogP contribution in [0.25, 0.3) is 31.6 Å². The van der Waals surface area contributed by atoms with Crippen LogP contribution in [-0.4, -0.2) is 49.2 Å². The van der Waals surface area contributed by atoms with Crippen LogP contribution >= 0.6 is 11.3 Å². The summed E-state index contributed by atoms with van der Waals surface area (Å²) in [7, 11) is 1.78. The van der Waals surface area contributed by atoms with Crippen LogP contribution in [0.2, 0.25) is 0 Å². The van der Waals surface area contributed by atoms with Gasteiger partial charge in [0.05, 0.1) is 12.2 Å². The molecule has 0 saturated carbocycles. The second kappa shape index (κ2) is 6.53. The van der Waals surface area contributed by atoms with E-state index in [1.165, 1.54) is 6.07 Å². The molecule has 7 nitrogen and oxygen atoms in total. The quantitative estimate of drug-likeness (QED) is 0.470.